The molecule has 0 bridgehead atoms. The number of rotatable bonds is 5. The molecule has 0 radical (unpaired) electrons. The van der Waals surface area contributed by atoms with Crippen molar-refractivity contribution in [1.82, 2.24) is 9.88 Å². The number of nitrogens with zero attached hydrogens (tertiary/aromatic N) is 1. The van der Waals surface area contributed by atoms with Gasteiger partial charge in [-0.2, -0.15) is 0 Å². The van der Waals surface area contributed by atoms with Gasteiger partial charge in [-0.1, -0.05) is 18.2 Å². The topological polar surface area (TPSA) is 60.1 Å². The molecule has 0 aliphatic carbocycles. The summed E-state index contributed by atoms with van der Waals surface area (Å²) >= 11 is 0. The monoisotopic (exact) mass is 307 g/mol. The molecule has 0 saturated heterocycles. The van der Waals surface area contributed by atoms with Crippen molar-refractivity contribution in [2.24, 2.45) is 5.73 Å². The molecule has 5 heteroatoms. The largest absolute Gasteiger partial charge is 0.352 e. The van der Waals surface area contributed by atoms with Crippen LogP contribution < -0.4 is 11.1 Å². The standard InChI is InChI=1S/C16H21N3O.ClH/c1-12-11-15(16(20)18-10-6-9-17)13(2)19(12)14-7-4-3-5-8-14;/h3-5,7-8,11H,6,9-10,17H2,1-2H3,(H,18,20);1H. The Morgan fingerprint density at radius 1 is 1.24 bits per heavy atom. The highest BCUT2D eigenvalue weighted by Gasteiger charge is 2.15. The van der Waals surface area contributed by atoms with Crippen molar-refractivity contribution in [3.63, 3.8) is 0 Å². The fourth-order valence-electron chi connectivity index (χ4n) is 2.37. The molecule has 2 rings (SSSR count). The van der Waals surface area contributed by atoms with Gasteiger partial charge in [0.05, 0.1) is 5.56 Å². The van der Waals surface area contributed by atoms with Crippen LogP contribution in [0.1, 0.15) is 28.2 Å². The van der Waals surface area contributed by atoms with Gasteiger partial charge in [0, 0.05) is 23.6 Å². The molecule has 1 aromatic heterocycles. The first-order chi connectivity index (χ1) is 9.65. The highest BCUT2D eigenvalue weighted by Crippen LogP contribution is 2.20. The van der Waals surface area contributed by atoms with Crippen molar-refractivity contribution in [2.45, 2.75) is 20.3 Å². The molecule has 21 heavy (non-hydrogen) atoms. The van der Waals surface area contributed by atoms with Crippen LogP contribution in [0.5, 0.6) is 0 Å². The van der Waals surface area contributed by atoms with Crippen LogP contribution in [0, 0.1) is 13.8 Å². The predicted octanol–water partition coefficient (Wildman–Crippen LogP) is 2.59. The number of benzene rings is 1. The molecule has 1 heterocycles. The Balaban J connectivity index is 0.00000220. The van der Waals surface area contributed by atoms with Crippen LogP contribution in [-0.4, -0.2) is 23.6 Å². The van der Waals surface area contributed by atoms with Gasteiger partial charge in [-0.05, 0) is 45.0 Å². The minimum absolute atomic E-state index is 0. The van der Waals surface area contributed by atoms with Gasteiger partial charge in [0.15, 0.2) is 0 Å². The van der Waals surface area contributed by atoms with E-state index in [1.54, 1.807) is 0 Å². The normalized spacial score (nSPS) is 10.0. The molecule has 0 fully saturated rings. The van der Waals surface area contributed by atoms with Gasteiger partial charge in [0.25, 0.3) is 5.91 Å². The van der Waals surface area contributed by atoms with Gasteiger partial charge < -0.3 is 15.6 Å². The van der Waals surface area contributed by atoms with E-state index in [1.807, 2.05) is 50.2 Å². The highest BCUT2D eigenvalue weighted by atomic mass is 35.5. The Bertz CT molecular complexity index is 593. The molecular formula is C16H22ClN3O. The predicted molar refractivity (Wildman–Crippen MR) is 88.5 cm³/mol. The number of nitrogens with one attached hydrogen (secondary N) is 1. The molecule has 0 saturated carbocycles. The molecule has 3 N–H and O–H groups in total. The third-order valence-corrected chi connectivity index (χ3v) is 3.36. The third kappa shape index (κ3) is 3.86. The highest BCUT2D eigenvalue weighted by molar-refractivity contribution is 5.95. The Hall–Kier alpha value is -1.78. The lowest BCUT2D eigenvalue weighted by atomic mass is 10.2. The smallest absolute Gasteiger partial charge is 0.253 e. The second-order valence-corrected chi connectivity index (χ2v) is 4.85. The fourth-order valence-corrected chi connectivity index (χ4v) is 2.37. The molecule has 114 valence electrons. The van der Waals surface area contributed by atoms with Crippen LogP contribution in [-0.2, 0) is 0 Å². The molecule has 0 aliphatic heterocycles. The Morgan fingerprint density at radius 2 is 1.90 bits per heavy atom. The maximum Gasteiger partial charge on any atom is 0.253 e. The van der Waals surface area contributed by atoms with Crippen molar-refractivity contribution in [2.75, 3.05) is 13.1 Å². The maximum atomic E-state index is 12.2. The molecule has 1 aromatic carbocycles. The zero-order valence-corrected chi connectivity index (χ0v) is 13.2. The van der Waals surface area contributed by atoms with Crippen LogP contribution in [0.3, 0.4) is 0 Å². The first-order valence-corrected chi connectivity index (χ1v) is 6.87. The summed E-state index contributed by atoms with van der Waals surface area (Å²) in [4.78, 5) is 12.2. The molecule has 1 amide bonds. The first kappa shape index (κ1) is 17.3. The molecule has 4 nitrogen and oxygen atoms in total. The third-order valence-electron chi connectivity index (χ3n) is 3.36. The van der Waals surface area contributed by atoms with E-state index in [-0.39, 0.29) is 18.3 Å². The van der Waals surface area contributed by atoms with E-state index in [9.17, 15) is 4.79 Å². The fraction of sp³-hybridized carbons (Fsp3) is 0.312. The summed E-state index contributed by atoms with van der Waals surface area (Å²) in [6, 6.07) is 12.0. The van der Waals surface area contributed by atoms with Gasteiger partial charge in [-0.25, -0.2) is 0 Å². The van der Waals surface area contributed by atoms with E-state index < -0.39 is 0 Å². The molecule has 0 unspecified atom stereocenters. The number of amides is 1. The second kappa shape index (κ2) is 7.86. The molecule has 0 aliphatic rings. The average Bonchev–Trinajstić information content (AvgIpc) is 2.75. The lowest BCUT2D eigenvalue weighted by Crippen LogP contribution is -2.26. The number of halogens is 1. The first-order valence-electron chi connectivity index (χ1n) is 6.87. The molecule has 0 atom stereocenters. The zero-order chi connectivity index (χ0) is 14.5. The Morgan fingerprint density at radius 3 is 2.52 bits per heavy atom. The Kier molecular flexibility index (Phi) is 6.46. The second-order valence-electron chi connectivity index (χ2n) is 4.85. The molecular weight excluding hydrogens is 286 g/mol. The number of hydrogen-bond donors (Lipinski definition) is 2. The number of para-hydroxylation sites is 1. The minimum Gasteiger partial charge on any atom is -0.352 e. The van der Waals surface area contributed by atoms with Crippen molar-refractivity contribution in [3.8, 4) is 5.69 Å². The quantitative estimate of drug-likeness (QED) is 0.834. The van der Waals surface area contributed by atoms with Gasteiger partial charge in [-0.15, -0.1) is 12.4 Å². The molecule has 0 spiro atoms. The van der Waals surface area contributed by atoms with E-state index in [0.717, 1.165) is 29.1 Å². The summed E-state index contributed by atoms with van der Waals surface area (Å²) in [6.07, 6.45) is 0.795. The summed E-state index contributed by atoms with van der Waals surface area (Å²) in [5.41, 5.74) is 9.24. The zero-order valence-electron chi connectivity index (χ0n) is 12.4. The number of nitrogens with two attached hydrogens (primary N) is 1. The summed E-state index contributed by atoms with van der Waals surface area (Å²) in [5.74, 6) is -0.0336. The van der Waals surface area contributed by atoms with Crippen molar-refractivity contribution in [1.29, 1.82) is 0 Å². The number of aryl methyl sites for hydroxylation is 1. The summed E-state index contributed by atoms with van der Waals surface area (Å²) < 4.78 is 2.10. The minimum atomic E-state index is -0.0336. The van der Waals surface area contributed by atoms with Gasteiger partial charge in [0.1, 0.15) is 0 Å². The maximum absolute atomic E-state index is 12.2. The van der Waals surface area contributed by atoms with Crippen molar-refractivity contribution in [3.05, 3.63) is 53.3 Å². The van der Waals surface area contributed by atoms with Crippen LogP contribution in [0.4, 0.5) is 0 Å². The summed E-state index contributed by atoms with van der Waals surface area (Å²) in [7, 11) is 0. The van der Waals surface area contributed by atoms with Crippen LogP contribution in [0.15, 0.2) is 36.4 Å². The van der Waals surface area contributed by atoms with E-state index in [0.29, 0.717) is 13.1 Å². The van der Waals surface area contributed by atoms with E-state index in [2.05, 4.69) is 9.88 Å². The number of carbonyl (C=O) groups is 1. The summed E-state index contributed by atoms with van der Waals surface area (Å²) in [5, 5.41) is 2.90. The van der Waals surface area contributed by atoms with Crippen LogP contribution in [0.25, 0.3) is 5.69 Å². The summed E-state index contributed by atoms with van der Waals surface area (Å²) in [6.45, 7) is 5.18. The average molecular weight is 308 g/mol. The van der Waals surface area contributed by atoms with E-state index >= 15 is 0 Å². The number of carbonyl (C=O) groups excluding carboxylic acids is 1. The number of aromatic nitrogens is 1. The van der Waals surface area contributed by atoms with Crippen LogP contribution in [0.2, 0.25) is 0 Å². The van der Waals surface area contributed by atoms with Crippen molar-refractivity contribution < 1.29 is 4.79 Å². The Labute approximate surface area is 131 Å². The van der Waals surface area contributed by atoms with Crippen LogP contribution >= 0.6 is 12.4 Å². The molecule has 2 aromatic rings. The van der Waals surface area contributed by atoms with Crippen molar-refractivity contribution >= 4 is 18.3 Å². The van der Waals surface area contributed by atoms with Gasteiger partial charge in [-0.3, -0.25) is 4.79 Å². The van der Waals surface area contributed by atoms with Gasteiger partial charge >= 0.3 is 0 Å². The SMILES string of the molecule is Cc1cc(C(=O)NCCCN)c(C)n1-c1ccccc1.Cl. The van der Waals surface area contributed by atoms with E-state index in [4.69, 9.17) is 5.73 Å². The number of hydrogen-bond acceptors (Lipinski definition) is 2. The van der Waals surface area contributed by atoms with Gasteiger partial charge in [0.2, 0.25) is 0 Å². The lowest BCUT2D eigenvalue weighted by Gasteiger charge is -2.09. The van der Waals surface area contributed by atoms with E-state index in [1.165, 1.54) is 0 Å². The lowest BCUT2D eigenvalue weighted by molar-refractivity contribution is 0.0953.